The van der Waals surface area contributed by atoms with Gasteiger partial charge in [-0.1, -0.05) is 12.1 Å². The second kappa shape index (κ2) is 8.40. The second-order valence-electron chi connectivity index (χ2n) is 4.93. The highest BCUT2D eigenvalue weighted by Gasteiger charge is 2.14. The summed E-state index contributed by atoms with van der Waals surface area (Å²) in [7, 11) is 0. The number of carbonyl (C=O) groups is 2. The molecule has 0 fully saturated rings. The van der Waals surface area contributed by atoms with Gasteiger partial charge >= 0.3 is 11.8 Å². The average Bonchev–Trinajstić information content (AvgIpc) is 3.08. The Morgan fingerprint density at radius 1 is 1.13 bits per heavy atom. The van der Waals surface area contributed by atoms with Crippen molar-refractivity contribution >= 4 is 23.2 Å². The minimum Gasteiger partial charge on any atom is -0.388 e. The van der Waals surface area contributed by atoms with E-state index in [1.54, 1.807) is 0 Å². The van der Waals surface area contributed by atoms with Gasteiger partial charge in [0.2, 0.25) is 0 Å². The van der Waals surface area contributed by atoms with E-state index >= 15 is 0 Å². The fourth-order valence-electron chi connectivity index (χ4n) is 1.90. The quantitative estimate of drug-likeness (QED) is 0.703. The van der Waals surface area contributed by atoms with Crippen LogP contribution in [0, 0.1) is 5.82 Å². The van der Waals surface area contributed by atoms with E-state index in [-0.39, 0.29) is 18.9 Å². The SMILES string of the molecule is O=C(NCCC(O)c1ccsc1)C(=O)NCc1ccc(F)cc1. The second-order valence-corrected chi connectivity index (χ2v) is 5.71. The molecule has 23 heavy (non-hydrogen) atoms. The minimum absolute atomic E-state index is 0.143. The molecule has 5 nitrogen and oxygen atoms in total. The van der Waals surface area contributed by atoms with Crippen LogP contribution in [0.5, 0.6) is 0 Å². The fraction of sp³-hybridized carbons (Fsp3) is 0.250. The maximum atomic E-state index is 12.7. The number of carbonyl (C=O) groups excluding carboxylic acids is 2. The van der Waals surface area contributed by atoms with Crippen LogP contribution in [0.2, 0.25) is 0 Å². The van der Waals surface area contributed by atoms with Gasteiger partial charge in [-0.25, -0.2) is 4.39 Å². The van der Waals surface area contributed by atoms with Crippen LogP contribution in [0.3, 0.4) is 0 Å². The molecule has 7 heteroatoms. The Morgan fingerprint density at radius 2 is 1.83 bits per heavy atom. The van der Waals surface area contributed by atoms with Gasteiger partial charge in [-0.2, -0.15) is 11.3 Å². The van der Waals surface area contributed by atoms with E-state index in [0.717, 1.165) is 5.56 Å². The van der Waals surface area contributed by atoms with E-state index < -0.39 is 17.9 Å². The van der Waals surface area contributed by atoms with Gasteiger partial charge in [0, 0.05) is 13.1 Å². The molecule has 2 aromatic rings. The number of hydrogen-bond donors (Lipinski definition) is 3. The Kier molecular flexibility index (Phi) is 6.25. The zero-order valence-electron chi connectivity index (χ0n) is 12.3. The lowest BCUT2D eigenvalue weighted by Gasteiger charge is -2.10. The van der Waals surface area contributed by atoms with E-state index in [2.05, 4.69) is 10.6 Å². The van der Waals surface area contributed by atoms with Crippen molar-refractivity contribution in [3.63, 3.8) is 0 Å². The number of hydrogen-bond acceptors (Lipinski definition) is 4. The number of aliphatic hydroxyl groups excluding tert-OH is 1. The first-order valence-electron chi connectivity index (χ1n) is 7.07. The number of nitrogens with one attached hydrogen (secondary N) is 2. The smallest absolute Gasteiger partial charge is 0.309 e. The van der Waals surface area contributed by atoms with Gasteiger partial charge in [-0.05, 0) is 46.5 Å². The third-order valence-electron chi connectivity index (χ3n) is 3.20. The number of amides is 2. The lowest BCUT2D eigenvalue weighted by molar-refractivity contribution is -0.139. The molecule has 0 aliphatic carbocycles. The summed E-state index contributed by atoms with van der Waals surface area (Å²) in [4.78, 5) is 23.3. The van der Waals surface area contributed by atoms with E-state index in [0.29, 0.717) is 12.0 Å². The minimum atomic E-state index is -0.764. The van der Waals surface area contributed by atoms with Crippen molar-refractivity contribution in [3.05, 3.63) is 58.0 Å². The molecule has 0 aliphatic heterocycles. The molecule has 1 aromatic heterocycles. The third kappa shape index (κ3) is 5.46. The van der Waals surface area contributed by atoms with Crippen LogP contribution in [0.4, 0.5) is 4.39 Å². The van der Waals surface area contributed by atoms with Crippen molar-refractivity contribution in [1.82, 2.24) is 10.6 Å². The maximum Gasteiger partial charge on any atom is 0.309 e. The molecule has 122 valence electrons. The lowest BCUT2D eigenvalue weighted by atomic mass is 10.1. The van der Waals surface area contributed by atoms with Gasteiger partial charge in [0.05, 0.1) is 6.10 Å². The highest BCUT2D eigenvalue weighted by atomic mass is 32.1. The predicted molar refractivity (Wildman–Crippen MR) is 85.2 cm³/mol. The molecule has 0 saturated heterocycles. The molecule has 2 amide bonds. The monoisotopic (exact) mass is 336 g/mol. The van der Waals surface area contributed by atoms with Crippen LogP contribution in [0.25, 0.3) is 0 Å². The van der Waals surface area contributed by atoms with Crippen LogP contribution < -0.4 is 10.6 Å². The summed E-state index contributed by atoms with van der Waals surface area (Å²) in [6, 6.07) is 7.45. The van der Waals surface area contributed by atoms with Gasteiger partial charge in [-0.15, -0.1) is 0 Å². The van der Waals surface area contributed by atoms with Gasteiger partial charge in [0.25, 0.3) is 0 Å². The van der Waals surface area contributed by atoms with E-state index in [1.807, 2.05) is 16.8 Å². The summed E-state index contributed by atoms with van der Waals surface area (Å²) in [5, 5.41) is 18.5. The van der Waals surface area contributed by atoms with Crippen LogP contribution in [0.15, 0.2) is 41.1 Å². The average molecular weight is 336 g/mol. The molecule has 3 N–H and O–H groups in total. The van der Waals surface area contributed by atoms with Crippen molar-refractivity contribution in [2.45, 2.75) is 19.1 Å². The zero-order valence-corrected chi connectivity index (χ0v) is 13.1. The summed E-state index contributed by atoms with van der Waals surface area (Å²) < 4.78 is 12.7. The van der Waals surface area contributed by atoms with Crippen LogP contribution in [-0.4, -0.2) is 23.5 Å². The molecule has 0 spiro atoms. The molecular weight excluding hydrogens is 319 g/mol. The number of halogens is 1. The van der Waals surface area contributed by atoms with Crippen molar-refractivity contribution in [2.75, 3.05) is 6.54 Å². The standard InChI is InChI=1S/C16H17FN2O3S/c17-13-3-1-11(2-4-13)9-19-16(22)15(21)18-7-5-14(20)12-6-8-23-10-12/h1-4,6,8,10,14,20H,5,7,9H2,(H,18,21)(H,19,22). The predicted octanol–water partition coefficient (Wildman–Crippen LogP) is 1.74. The summed E-state index contributed by atoms with van der Waals surface area (Å²) in [6.07, 6.45) is -0.336. The number of thiophene rings is 1. The van der Waals surface area contributed by atoms with E-state index in [4.69, 9.17) is 0 Å². The topological polar surface area (TPSA) is 78.4 Å². The Morgan fingerprint density at radius 3 is 2.48 bits per heavy atom. The van der Waals surface area contributed by atoms with Gasteiger partial charge in [-0.3, -0.25) is 9.59 Å². The van der Waals surface area contributed by atoms with Gasteiger partial charge in [0.15, 0.2) is 0 Å². The van der Waals surface area contributed by atoms with Crippen molar-refractivity contribution in [3.8, 4) is 0 Å². The Bertz CT molecular complexity index is 644. The van der Waals surface area contributed by atoms with Crippen LogP contribution in [0.1, 0.15) is 23.7 Å². The first-order chi connectivity index (χ1) is 11.1. The number of rotatable bonds is 6. The molecule has 1 heterocycles. The van der Waals surface area contributed by atoms with Crippen molar-refractivity contribution < 1.29 is 19.1 Å². The molecule has 0 bridgehead atoms. The van der Waals surface area contributed by atoms with Gasteiger partial charge < -0.3 is 15.7 Å². The lowest BCUT2D eigenvalue weighted by Crippen LogP contribution is -2.40. The molecule has 0 saturated carbocycles. The Balaban J connectivity index is 1.68. The Labute approximate surface area is 137 Å². The molecule has 0 aliphatic rings. The van der Waals surface area contributed by atoms with Crippen molar-refractivity contribution in [2.24, 2.45) is 0 Å². The zero-order chi connectivity index (χ0) is 16.7. The van der Waals surface area contributed by atoms with Crippen LogP contribution >= 0.6 is 11.3 Å². The molecule has 1 aromatic carbocycles. The van der Waals surface area contributed by atoms with Gasteiger partial charge in [0.1, 0.15) is 5.82 Å². The summed E-state index contributed by atoms with van der Waals surface area (Å²) >= 11 is 1.48. The molecule has 0 radical (unpaired) electrons. The number of aliphatic hydroxyl groups is 1. The third-order valence-corrected chi connectivity index (χ3v) is 3.91. The normalized spacial score (nSPS) is 11.7. The number of benzene rings is 1. The first-order valence-corrected chi connectivity index (χ1v) is 8.01. The van der Waals surface area contributed by atoms with E-state index in [9.17, 15) is 19.1 Å². The van der Waals surface area contributed by atoms with Crippen LogP contribution in [-0.2, 0) is 16.1 Å². The molecular formula is C16H17FN2O3S. The highest BCUT2D eigenvalue weighted by Crippen LogP contribution is 2.18. The molecule has 1 atom stereocenters. The largest absolute Gasteiger partial charge is 0.388 e. The summed E-state index contributed by atoms with van der Waals surface area (Å²) in [5.74, 6) is -1.88. The fourth-order valence-corrected chi connectivity index (χ4v) is 2.61. The van der Waals surface area contributed by atoms with Crippen molar-refractivity contribution in [1.29, 1.82) is 0 Å². The first kappa shape index (κ1) is 17.1. The summed E-state index contributed by atoms with van der Waals surface area (Å²) in [6.45, 7) is 0.337. The molecule has 2 rings (SSSR count). The summed E-state index contributed by atoms with van der Waals surface area (Å²) in [5.41, 5.74) is 1.49. The van der Waals surface area contributed by atoms with E-state index in [1.165, 1.54) is 35.6 Å². The molecule has 1 unspecified atom stereocenters. The maximum absolute atomic E-state index is 12.7. The highest BCUT2D eigenvalue weighted by molar-refractivity contribution is 7.07. The Hall–Kier alpha value is -2.25.